The summed E-state index contributed by atoms with van der Waals surface area (Å²) >= 11 is 0. The number of ether oxygens (including phenoxy) is 3. The second kappa shape index (κ2) is 9.81. The highest BCUT2D eigenvalue weighted by molar-refractivity contribution is 5.82. The molecule has 1 aliphatic heterocycles. The molecule has 1 unspecified atom stereocenters. The second-order valence-electron chi connectivity index (χ2n) is 7.91. The zero-order chi connectivity index (χ0) is 21.6. The smallest absolute Gasteiger partial charge is 0.351 e. The minimum absolute atomic E-state index is 0.0337. The highest BCUT2D eigenvalue weighted by Gasteiger charge is 2.31. The van der Waals surface area contributed by atoms with Crippen LogP contribution in [0.4, 0.5) is 4.39 Å². The van der Waals surface area contributed by atoms with E-state index in [0.717, 1.165) is 37.7 Å². The average molecular weight is 427 g/mol. The Morgan fingerprint density at radius 1 is 1.00 bits per heavy atom. The molecule has 1 fully saturated rings. The van der Waals surface area contributed by atoms with E-state index in [2.05, 4.69) is 0 Å². The molecular weight excluding hydrogens is 401 g/mol. The fourth-order valence-electron chi connectivity index (χ4n) is 4.04. The van der Waals surface area contributed by atoms with Crippen LogP contribution >= 0.6 is 0 Å². The van der Waals surface area contributed by atoms with Crippen molar-refractivity contribution in [3.63, 3.8) is 0 Å². The van der Waals surface area contributed by atoms with Gasteiger partial charge >= 0.3 is 5.97 Å². The van der Waals surface area contributed by atoms with Gasteiger partial charge in [0.2, 0.25) is 6.10 Å². The van der Waals surface area contributed by atoms with E-state index in [9.17, 15) is 14.0 Å². The fourth-order valence-corrected chi connectivity index (χ4v) is 4.04. The van der Waals surface area contributed by atoms with Gasteiger partial charge in [0, 0.05) is 12.6 Å². The number of rotatable bonds is 6. The normalized spacial score (nSPS) is 18.3. The van der Waals surface area contributed by atoms with Crippen LogP contribution in [0.2, 0.25) is 0 Å². The average Bonchev–Trinajstić information content (AvgIpc) is 2.82. The number of benzene rings is 2. The van der Waals surface area contributed by atoms with Crippen LogP contribution in [-0.2, 0) is 20.9 Å². The summed E-state index contributed by atoms with van der Waals surface area (Å²) in [6.07, 6.45) is 4.19. The van der Waals surface area contributed by atoms with E-state index >= 15 is 0 Å². The van der Waals surface area contributed by atoms with Gasteiger partial charge in [-0.05, 0) is 42.7 Å². The zero-order valence-electron chi connectivity index (χ0n) is 17.3. The highest BCUT2D eigenvalue weighted by Crippen LogP contribution is 2.31. The third-order valence-corrected chi connectivity index (χ3v) is 5.71. The molecular formula is C24H26FNO5. The number of hydrogen-bond acceptors (Lipinski definition) is 5. The lowest BCUT2D eigenvalue weighted by molar-refractivity contribution is -0.161. The van der Waals surface area contributed by atoms with Gasteiger partial charge in [-0.25, -0.2) is 9.18 Å². The molecule has 0 spiro atoms. The van der Waals surface area contributed by atoms with E-state index in [0.29, 0.717) is 18.0 Å². The number of carbonyl (C=O) groups excluding carboxylic acids is 2. The molecule has 1 atom stereocenters. The Hall–Kier alpha value is -3.09. The maximum absolute atomic E-state index is 13.3. The van der Waals surface area contributed by atoms with Crippen molar-refractivity contribution in [2.45, 2.75) is 50.8 Å². The Morgan fingerprint density at radius 2 is 1.71 bits per heavy atom. The van der Waals surface area contributed by atoms with Gasteiger partial charge in [0.15, 0.2) is 18.1 Å². The molecule has 1 saturated carbocycles. The maximum atomic E-state index is 13.3. The van der Waals surface area contributed by atoms with Crippen LogP contribution in [0.5, 0.6) is 11.5 Å². The summed E-state index contributed by atoms with van der Waals surface area (Å²) in [5.41, 5.74) is 0.840. The number of esters is 1. The summed E-state index contributed by atoms with van der Waals surface area (Å²) in [6, 6.07) is 13.3. The number of amides is 1. The Balaban J connectivity index is 1.37. The zero-order valence-corrected chi connectivity index (χ0v) is 17.3. The third-order valence-electron chi connectivity index (χ3n) is 5.71. The molecule has 0 bridgehead atoms. The van der Waals surface area contributed by atoms with E-state index in [-0.39, 0.29) is 31.0 Å². The fraction of sp³-hybridized carbons (Fsp3) is 0.417. The molecule has 1 amide bonds. The molecule has 0 saturated heterocycles. The van der Waals surface area contributed by atoms with Crippen molar-refractivity contribution >= 4 is 11.9 Å². The van der Waals surface area contributed by atoms with Crippen LogP contribution in [-0.4, -0.2) is 42.1 Å². The lowest BCUT2D eigenvalue weighted by Crippen LogP contribution is -2.44. The molecule has 31 heavy (non-hydrogen) atoms. The van der Waals surface area contributed by atoms with Crippen molar-refractivity contribution in [3.05, 3.63) is 59.9 Å². The first kappa shape index (κ1) is 21.2. The topological polar surface area (TPSA) is 65.1 Å². The lowest BCUT2D eigenvalue weighted by Gasteiger charge is -2.34. The quantitative estimate of drug-likeness (QED) is 0.655. The van der Waals surface area contributed by atoms with Gasteiger partial charge < -0.3 is 19.1 Å². The van der Waals surface area contributed by atoms with E-state index in [1.54, 1.807) is 35.2 Å². The monoisotopic (exact) mass is 427 g/mol. The first-order valence-corrected chi connectivity index (χ1v) is 10.7. The Bertz CT molecular complexity index is 910. The van der Waals surface area contributed by atoms with Crippen molar-refractivity contribution in [1.82, 2.24) is 4.90 Å². The predicted molar refractivity (Wildman–Crippen MR) is 111 cm³/mol. The van der Waals surface area contributed by atoms with Crippen LogP contribution < -0.4 is 9.47 Å². The number of nitrogens with zero attached hydrogens (tertiary/aromatic N) is 1. The van der Waals surface area contributed by atoms with Crippen molar-refractivity contribution in [2.75, 3.05) is 13.2 Å². The van der Waals surface area contributed by atoms with Crippen LogP contribution in [0.15, 0.2) is 48.5 Å². The maximum Gasteiger partial charge on any atom is 0.351 e. The molecule has 1 aliphatic carbocycles. The van der Waals surface area contributed by atoms with E-state index in [1.165, 1.54) is 12.1 Å². The summed E-state index contributed by atoms with van der Waals surface area (Å²) in [5.74, 6) is -0.160. The molecule has 164 valence electrons. The molecule has 2 aromatic carbocycles. The van der Waals surface area contributed by atoms with E-state index in [1.807, 2.05) is 6.07 Å². The van der Waals surface area contributed by atoms with E-state index < -0.39 is 12.1 Å². The number of hydrogen-bond donors (Lipinski definition) is 0. The molecule has 1 heterocycles. The summed E-state index contributed by atoms with van der Waals surface area (Å²) < 4.78 is 29.7. The van der Waals surface area contributed by atoms with Crippen molar-refractivity contribution in [3.8, 4) is 11.5 Å². The van der Waals surface area contributed by atoms with Crippen LogP contribution in [0.3, 0.4) is 0 Å². The number of fused-ring (bicyclic) bond motifs is 1. The predicted octanol–water partition coefficient (Wildman–Crippen LogP) is 3.87. The summed E-state index contributed by atoms with van der Waals surface area (Å²) in [4.78, 5) is 27.2. The molecule has 6 nitrogen and oxygen atoms in total. The van der Waals surface area contributed by atoms with Crippen LogP contribution in [0.25, 0.3) is 0 Å². The molecule has 2 aliphatic rings. The largest absolute Gasteiger partial charge is 0.485 e. The summed E-state index contributed by atoms with van der Waals surface area (Å²) in [5, 5.41) is 0. The van der Waals surface area contributed by atoms with Gasteiger partial charge in [-0.15, -0.1) is 0 Å². The van der Waals surface area contributed by atoms with Crippen LogP contribution in [0.1, 0.15) is 37.7 Å². The van der Waals surface area contributed by atoms with Crippen LogP contribution in [0, 0.1) is 5.82 Å². The third kappa shape index (κ3) is 5.34. The standard InChI is InChI=1S/C24H26FNO5/c25-18-12-10-17(11-13-18)14-26(19-6-2-1-3-7-19)23(27)16-30-24(28)22-15-29-20-8-4-5-9-21(20)31-22/h4-5,8-13,19,22H,1-3,6-7,14-16H2. The van der Waals surface area contributed by atoms with Gasteiger partial charge in [-0.3, -0.25) is 4.79 Å². The molecule has 7 heteroatoms. The minimum Gasteiger partial charge on any atom is -0.485 e. The van der Waals surface area contributed by atoms with Crippen molar-refractivity contribution in [1.29, 1.82) is 0 Å². The molecule has 0 radical (unpaired) electrons. The first-order chi connectivity index (χ1) is 15.1. The van der Waals surface area contributed by atoms with Crippen molar-refractivity contribution < 1.29 is 28.2 Å². The van der Waals surface area contributed by atoms with E-state index in [4.69, 9.17) is 14.2 Å². The molecule has 4 rings (SSSR count). The summed E-state index contributed by atoms with van der Waals surface area (Å²) in [7, 11) is 0. The highest BCUT2D eigenvalue weighted by atomic mass is 19.1. The second-order valence-corrected chi connectivity index (χ2v) is 7.91. The summed E-state index contributed by atoms with van der Waals surface area (Å²) in [6.45, 7) is 0.0295. The van der Waals surface area contributed by atoms with Gasteiger partial charge in [0.05, 0.1) is 0 Å². The van der Waals surface area contributed by atoms with Gasteiger partial charge in [0.25, 0.3) is 5.91 Å². The lowest BCUT2D eigenvalue weighted by atomic mass is 9.93. The van der Waals surface area contributed by atoms with Gasteiger partial charge in [-0.1, -0.05) is 43.5 Å². The molecule has 2 aromatic rings. The molecule has 0 aromatic heterocycles. The number of carbonyl (C=O) groups is 2. The minimum atomic E-state index is -0.914. The van der Waals surface area contributed by atoms with Gasteiger partial charge in [-0.2, -0.15) is 0 Å². The SMILES string of the molecule is O=C(OCC(=O)N(Cc1ccc(F)cc1)C1CCCCC1)C1COc2ccccc2O1. The molecule has 0 N–H and O–H groups in total. The number of halogens is 1. The first-order valence-electron chi connectivity index (χ1n) is 10.7. The van der Waals surface area contributed by atoms with Gasteiger partial charge in [0.1, 0.15) is 12.4 Å². The number of para-hydroxylation sites is 2. The Morgan fingerprint density at radius 3 is 2.45 bits per heavy atom. The Kier molecular flexibility index (Phi) is 6.70. The Labute approximate surface area is 180 Å². The van der Waals surface area contributed by atoms with Crippen molar-refractivity contribution in [2.24, 2.45) is 0 Å².